The van der Waals surface area contributed by atoms with E-state index < -0.39 is 5.97 Å². The Hall–Kier alpha value is -1.32. The Bertz CT molecular complexity index is 507. The second kappa shape index (κ2) is 4.04. The number of carboxylic acid groups (broad SMARTS) is 1. The molecule has 2 aromatic rings. The molecule has 0 saturated carbocycles. The monoisotopic (exact) mass is 270 g/mol. The van der Waals surface area contributed by atoms with Crippen molar-refractivity contribution in [3.63, 3.8) is 0 Å². The van der Waals surface area contributed by atoms with Gasteiger partial charge in [0.15, 0.2) is 0 Å². The van der Waals surface area contributed by atoms with E-state index in [-0.39, 0.29) is 14.5 Å². The molecule has 2 N–H and O–H groups in total. The minimum absolute atomic E-state index is 0.181. The van der Waals surface area contributed by atoms with Crippen LogP contribution in [0.5, 0.6) is 0 Å². The molecule has 15 heavy (non-hydrogen) atoms. The van der Waals surface area contributed by atoms with E-state index in [4.69, 9.17) is 5.11 Å². The maximum atomic E-state index is 11.0. The van der Waals surface area contributed by atoms with E-state index in [1.807, 2.05) is 19.1 Å². The van der Waals surface area contributed by atoms with Crippen molar-refractivity contribution in [2.24, 2.45) is 0 Å². The fraction of sp³-hybridized carbons (Fsp3) is 0.200. The summed E-state index contributed by atoms with van der Waals surface area (Å²) < 4.78 is 1.37. The molecule has 2 aromatic heterocycles. The zero-order valence-electron chi connectivity index (χ0n) is 8.15. The van der Waals surface area contributed by atoms with E-state index in [0.29, 0.717) is 4.44 Å². The Kier molecular flexibility index (Phi) is 2.75. The first kappa shape index (κ1) is 10.2. The number of carbonyl (C=O) groups is 1. The maximum absolute atomic E-state index is 11.0. The number of nitrogens with zero attached hydrogens (tertiary/aromatic N) is 1. The molecular formula is C10H10N2O2Se. The van der Waals surface area contributed by atoms with Crippen LogP contribution in [0.2, 0.25) is 0 Å². The van der Waals surface area contributed by atoms with E-state index in [0.717, 1.165) is 22.0 Å². The van der Waals surface area contributed by atoms with Gasteiger partial charge in [-0.15, -0.1) is 0 Å². The molecule has 0 radical (unpaired) electrons. The third-order valence-corrected chi connectivity index (χ3v) is 4.33. The minimum atomic E-state index is -0.844. The molecule has 0 bridgehead atoms. The van der Waals surface area contributed by atoms with Gasteiger partial charge < -0.3 is 0 Å². The first-order valence-corrected chi connectivity index (χ1v) is 6.30. The van der Waals surface area contributed by atoms with Gasteiger partial charge in [0, 0.05) is 0 Å². The number of pyridine rings is 1. The van der Waals surface area contributed by atoms with Crippen LogP contribution >= 0.6 is 0 Å². The number of hydrogen-bond acceptors (Lipinski definition) is 3. The zero-order chi connectivity index (χ0) is 10.8. The number of anilines is 1. The molecular weight excluding hydrogens is 259 g/mol. The molecule has 0 fully saturated rings. The number of fused-ring (bicyclic) bond motifs is 1. The molecule has 2 heterocycles. The van der Waals surface area contributed by atoms with Gasteiger partial charge >= 0.3 is 92.4 Å². The molecule has 78 valence electrons. The van der Waals surface area contributed by atoms with E-state index in [1.165, 1.54) is 0 Å². The summed E-state index contributed by atoms with van der Waals surface area (Å²) in [7, 11) is 0. The summed E-state index contributed by atoms with van der Waals surface area (Å²) in [5, 5.41) is 13.1. The predicted molar refractivity (Wildman–Crippen MR) is 59.8 cm³/mol. The van der Waals surface area contributed by atoms with Crippen LogP contribution in [0.15, 0.2) is 18.3 Å². The van der Waals surface area contributed by atoms with Crippen LogP contribution in [0.4, 0.5) is 5.69 Å². The van der Waals surface area contributed by atoms with E-state index in [9.17, 15) is 4.79 Å². The third-order valence-electron chi connectivity index (χ3n) is 2.01. The van der Waals surface area contributed by atoms with Gasteiger partial charge in [-0.3, -0.25) is 0 Å². The fourth-order valence-corrected chi connectivity index (χ4v) is 3.45. The average molecular weight is 269 g/mol. The fourth-order valence-electron chi connectivity index (χ4n) is 1.44. The number of carboxylic acids is 1. The summed E-state index contributed by atoms with van der Waals surface area (Å²) >= 11 is -0.181. The molecule has 0 spiro atoms. The van der Waals surface area contributed by atoms with Crippen molar-refractivity contribution in [3.8, 4) is 0 Å². The molecule has 0 aliphatic carbocycles. The normalized spacial score (nSPS) is 10.5. The topological polar surface area (TPSA) is 62.2 Å². The number of aromatic carboxylic acids is 1. The molecule has 2 rings (SSSR count). The van der Waals surface area contributed by atoms with Gasteiger partial charge in [-0.05, 0) is 0 Å². The van der Waals surface area contributed by atoms with Crippen molar-refractivity contribution in [3.05, 3.63) is 22.8 Å². The van der Waals surface area contributed by atoms with Crippen LogP contribution in [-0.4, -0.2) is 37.1 Å². The Balaban J connectivity index is 2.68. The second-order valence-electron chi connectivity index (χ2n) is 3.00. The quantitative estimate of drug-likeness (QED) is 0.827. The summed E-state index contributed by atoms with van der Waals surface area (Å²) in [5.74, 6) is -0.844. The van der Waals surface area contributed by atoms with Gasteiger partial charge in [-0.2, -0.15) is 0 Å². The van der Waals surface area contributed by atoms with Crippen molar-refractivity contribution < 1.29 is 9.90 Å². The molecule has 0 aliphatic heterocycles. The molecule has 0 aliphatic rings. The number of aromatic nitrogens is 1. The second-order valence-corrected chi connectivity index (χ2v) is 5.09. The average Bonchev–Trinajstić information content (AvgIpc) is 2.58. The van der Waals surface area contributed by atoms with Crippen molar-refractivity contribution >= 4 is 35.9 Å². The van der Waals surface area contributed by atoms with Gasteiger partial charge in [0.05, 0.1) is 0 Å². The van der Waals surface area contributed by atoms with Crippen LogP contribution < -0.4 is 5.32 Å². The van der Waals surface area contributed by atoms with Crippen molar-refractivity contribution in [2.75, 3.05) is 11.9 Å². The Morgan fingerprint density at radius 3 is 3.13 bits per heavy atom. The molecule has 0 saturated heterocycles. The van der Waals surface area contributed by atoms with Gasteiger partial charge in [-0.25, -0.2) is 0 Å². The SMILES string of the molecule is CCNc1c(C(=O)O)[se]c2ncccc12. The molecule has 5 heteroatoms. The molecule has 4 nitrogen and oxygen atoms in total. The number of nitrogens with one attached hydrogen (secondary N) is 1. The number of hydrogen-bond donors (Lipinski definition) is 2. The summed E-state index contributed by atoms with van der Waals surface area (Å²) in [4.78, 5) is 15.3. The first-order chi connectivity index (χ1) is 7.24. The summed E-state index contributed by atoms with van der Waals surface area (Å²) in [6.45, 7) is 2.67. The summed E-state index contributed by atoms with van der Waals surface area (Å²) in [6, 6.07) is 3.75. The molecule has 0 atom stereocenters. The van der Waals surface area contributed by atoms with E-state index in [1.54, 1.807) is 6.20 Å². The first-order valence-electron chi connectivity index (χ1n) is 4.58. The number of rotatable bonds is 3. The molecule has 0 unspecified atom stereocenters. The van der Waals surface area contributed by atoms with Gasteiger partial charge in [0.25, 0.3) is 0 Å². The zero-order valence-corrected chi connectivity index (χ0v) is 9.86. The van der Waals surface area contributed by atoms with Crippen LogP contribution in [0.1, 0.15) is 16.2 Å². The van der Waals surface area contributed by atoms with Crippen LogP contribution in [-0.2, 0) is 0 Å². The van der Waals surface area contributed by atoms with Crippen LogP contribution in [0.25, 0.3) is 9.78 Å². The molecule has 0 aromatic carbocycles. The van der Waals surface area contributed by atoms with Crippen molar-refractivity contribution in [1.29, 1.82) is 0 Å². The van der Waals surface area contributed by atoms with Crippen LogP contribution in [0, 0.1) is 0 Å². The molecule has 0 amide bonds. The van der Waals surface area contributed by atoms with Crippen LogP contribution in [0.3, 0.4) is 0 Å². The van der Waals surface area contributed by atoms with Gasteiger partial charge in [0.2, 0.25) is 0 Å². The van der Waals surface area contributed by atoms with Gasteiger partial charge in [-0.1, -0.05) is 0 Å². The standard InChI is InChI=1S/C10H10N2O2Se/c1-2-11-7-6-4-3-5-12-9(6)15-8(7)10(13)14/h3-5,11H,2H2,1H3,(H,13,14). The predicted octanol–water partition coefficient (Wildman–Crippen LogP) is 1.42. The Morgan fingerprint density at radius 1 is 1.67 bits per heavy atom. The van der Waals surface area contributed by atoms with Gasteiger partial charge in [0.1, 0.15) is 0 Å². The Morgan fingerprint density at radius 2 is 2.47 bits per heavy atom. The van der Waals surface area contributed by atoms with Crippen molar-refractivity contribution in [2.45, 2.75) is 6.92 Å². The Labute approximate surface area is 92.7 Å². The summed E-state index contributed by atoms with van der Waals surface area (Å²) in [5.41, 5.74) is 0.744. The van der Waals surface area contributed by atoms with E-state index >= 15 is 0 Å². The summed E-state index contributed by atoms with van der Waals surface area (Å²) in [6.07, 6.45) is 1.70. The van der Waals surface area contributed by atoms with Crippen molar-refractivity contribution in [1.82, 2.24) is 4.98 Å². The third kappa shape index (κ3) is 1.76. The van der Waals surface area contributed by atoms with E-state index in [2.05, 4.69) is 10.3 Å².